The Morgan fingerprint density at radius 3 is 1.67 bits per heavy atom. The van der Waals surface area contributed by atoms with Crippen molar-refractivity contribution in [3.63, 3.8) is 0 Å². The normalized spacial score (nSPS) is 4.22. The molecule has 50 valence electrons. The van der Waals surface area contributed by atoms with Crippen molar-refractivity contribution in [3.8, 4) is 0 Å². The summed E-state index contributed by atoms with van der Waals surface area (Å²) >= 11 is 0. The van der Waals surface area contributed by atoms with E-state index in [0.717, 1.165) is 6.08 Å². The summed E-state index contributed by atoms with van der Waals surface area (Å²) < 4.78 is 7.50. The summed E-state index contributed by atoms with van der Waals surface area (Å²) in [4.78, 5) is 9.25. The van der Waals surface area contributed by atoms with Gasteiger partial charge in [0.15, 0.2) is 0 Å². The van der Waals surface area contributed by atoms with Crippen molar-refractivity contribution in [1.82, 2.24) is 0 Å². The van der Waals surface area contributed by atoms with Crippen molar-refractivity contribution >= 4 is 5.97 Å². The van der Waals surface area contributed by atoms with Gasteiger partial charge in [-0.25, -0.2) is 4.79 Å². The van der Waals surface area contributed by atoms with Crippen LogP contribution >= 0.6 is 0 Å². The van der Waals surface area contributed by atoms with Gasteiger partial charge in [0.25, 0.3) is 0 Å². The molecule has 3 nitrogen and oxygen atoms in total. The predicted octanol–water partition coefficient (Wildman–Crippen LogP) is 1.02. The molecule has 0 aliphatic carbocycles. The third-order valence-corrected chi connectivity index (χ3v) is 0.175. The molecular weight excluding hydrogens is 120 g/mol. The first-order chi connectivity index (χ1) is 4.27. The molecule has 0 rings (SSSR count). The van der Waals surface area contributed by atoms with Gasteiger partial charge in [0.2, 0.25) is 0 Å². The zero-order valence-electron chi connectivity index (χ0n) is 4.96. The average molecular weight is 128 g/mol. The van der Waals surface area contributed by atoms with E-state index in [0.29, 0.717) is 0 Å². The molecule has 0 aliphatic rings. The Morgan fingerprint density at radius 2 is 1.67 bits per heavy atom. The van der Waals surface area contributed by atoms with Gasteiger partial charge in [-0.3, -0.25) is 0 Å². The molecule has 0 saturated carbocycles. The molecule has 0 aromatic heterocycles. The molecule has 0 atom stereocenters. The molecular formula is C6H8O3. The molecule has 0 radical (unpaired) electrons. The third-order valence-electron chi connectivity index (χ3n) is 0.175. The summed E-state index contributed by atoms with van der Waals surface area (Å²) in [6.07, 6.45) is 0.833. The topological polar surface area (TPSA) is 57.2 Å². The molecule has 0 aromatic carbocycles. The van der Waals surface area contributed by atoms with Gasteiger partial charge in [-0.1, -0.05) is 6.58 Å². The molecule has 0 spiro atoms. The van der Waals surface area contributed by atoms with Crippen LogP contribution in [-0.4, -0.2) is 11.1 Å². The number of hydrogen-bond donors (Lipinski definition) is 1. The first-order valence-corrected chi connectivity index (χ1v) is 1.83. The molecule has 1 N–H and O–H groups in total. The monoisotopic (exact) mass is 128 g/mol. The Bertz CT molecular complexity index is 93.7. The number of carboxylic acids is 1. The van der Waals surface area contributed by atoms with Crippen LogP contribution in [0.25, 0.3) is 0 Å². The second kappa shape index (κ2) is 29.9. The van der Waals surface area contributed by atoms with Gasteiger partial charge in [0.05, 0.1) is 0 Å². The minimum atomic E-state index is -0.981. The number of aliphatic carboxylic acids is 1. The Kier molecular flexibility index (Phi) is 52.0. The van der Waals surface area contributed by atoms with Crippen molar-refractivity contribution in [2.24, 2.45) is 0 Å². The average Bonchev–Trinajstić information content (AvgIpc) is 1.97. The van der Waals surface area contributed by atoms with Gasteiger partial charge in [0.1, 0.15) is 0 Å². The van der Waals surface area contributed by atoms with Crippen molar-refractivity contribution in [1.29, 1.82) is 0 Å². The summed E-state index contributed by atoms with van der Waals surface area (Å²) in [5, 5.41) is 7.60. The van der Waals surface area contributed by atoms with Crippen LogP contribution < -0.4 is 0 Å². The first-order valence-electron chi connectivity index (χ1n) is 1.83. The summed E-state index contributed by atoms with van der Waals surface area (Å²) in [5.74, 6) is -0.981. The van der Waals surface area contributed by atoms with Gasteiger partial charge in [-0.05, 0) is 0 Å². The van der Waals surface area contributed by atoms with E-state index < -0.39 is 5.97 Å². The van der Waals surface area contributed by atoms with E-state index in [2.05, 4.69) is 26.4 Å². The van der Waals surface area contributed by atoms with Crippen LogP contribution in [-0.2, 0) is 9.45 Å². The van der Waals surface area contributed by atoms with Crippen LogP contribution in [0.5, 0.6) is 0 Å². The molecule has 9 heavy (non-hydrogen) atoms. The molecule has 0 saturated heterocycles. The molecule has 0 amide bonds. The van der Waals surface area contributed by atoms with Crippen LogP contribution in [0.2, 0.25) is 0 Å². The van der Waals surface area contributed by atoms with Crippen LogP contribution in [0.4, 0.5) is 0 Å². The van der Waals surface area contributed by atoms with Crippen molar-refractivity contribution in [2.45, 2.75) is 0 Å². The fourth-order valence-corrected chi connectivity index (χ4v) is 0. The Hall–Kier alpha value is -1.31. The Labute approximate surface area is 54.0 Å². The fraction of sp³-hybridized carbons (Fsp3) is 0. The summed E-state index contributed by atoms with van der Waals surface area (Å²) in [5.41, 5.74) is 0. The molecule has 0 heterocycles. The number of carbonyl (C=O) groups is 1. The van der Waals surface area contributed by atoms with Crippen LogP contribution in [0.15, 0.2) is 25.8 Å². The molecule has 0 fully saturated rings. The van der Waals surface area contributed by atoms with E-state index in [1.54, 1.807) is 0 Å². The van der Waals surface area contributed by atoms with E-state index in [9.17, 15) is 4.79 Å². The maximum atomic E-state index is 9.25. The van der Waals surface area contributed by atoms with Gasteiger partial charge in [0, 0.05) is 6.08 Å². The van der Waals surface area contributed by atoms with Gasteiger partial charge >= 0.3 is 17.3 Å². The van der Waals surface area contributed by atoms with E-state index in [1.165, 1.54) is 0 Å². The first kappa shape index (κ1) is 15.6. The summed E-state index contributed by atoms with van der Waals surface area (Å²) in [6, 6.07) is 0. The Morgan fingerprint density at radius 1 is 1.56 bits per heavy atom. The van der Waals surface area contributed by atoms with Gasteiger partial charge in [-0.2, -0.15) is 0 Å². The molecule has 3 heteroatoms. The van der Waals surface area contributed by atoms with Gasteiger partial charge in [-0.15, -0.1) is 13.2 Å². The van der Waals surface area contributed by atoms with Crippen molar-refractivity contribution in [2.75, 3.05) is 0 Å². The SMILES string of the molecule is C=C.C=CC(=O)O.[C-]#[O+]. The second-order valence-corrected chi connectivity index (χ2v) is 0.542. The van der Waals surface area contributed by atoms with E-state index in [-0.39, 0.29) is 0 Å². The predicted molar refractivity (Wildman–Crippen MR) is 33.0 cm³/mol. The van der Waals surface area contributed by atoms with Crippen LogP contribution in [0.1, 0.15) is 0 Å². The Balaban J connectivity index is -0.0000000771. The summed E-state index contributed by atoms with van der Waals surface area (Å²) in [6.45, 7) is 13.5. The number of carboxylic acid groups (broad SMARTS) is 1. The second-order valence-electron chi connectivity index (χ2n) is 0.542. The fourth-order valence-electron chi connectivity index (χ4n) is 0. The molecule has 0 unspecified atom stereocenters. The number of hydrogen-bond acceptors (Lipinski definition) is 1. The van der Waals surface area contributed by atoms with E-state index in [1.807, 2.05) is 0 Å². The third kappa shape index (κ3) is 309. The van der Waals surface area contributed by atoms with Crippen molar-refractivity contribution in [3.05, 3.63) is 32.5 Å². The summed E-state index contributed by atoms with van der Waals surface area (Å²) in [7, 11) is 0. The minimum absolute atomic E-state index is 0.833. The van der Waals surface area contributed by atoms with Gasteiger partial charge < -0.3 is 5.11 Å². The maximum absolute atomic E-state index is 9.25. The van der Waals surface area contributed by atoms with E-state index >= 15 is 0 Å². The van der Waals surface area contributed by atoms with Crippen LogP contribution in [0, 0.1) is 6.65 Å². The zero-order chi connectivity index (χ0) is 8.28. The standard InChI is InChI=1S/C3H4O2.C2H4.CO/c1-2-3(4)5;2*1-2/h2H,1H2,(H,4,5);1-2H2;. The number of rotatable bonds is 1. The molecule has 0 aromatic rings. The molecule has 0 aliphatic heterocycles. The zero-order valence-corrected chi connectivity index (χ0v) is 4.96. The quantitative estimate of drug-likeness (QED) is 0.248. The molecule has 0 bridgehead atoms. The van der Waals surface area contributed by atoms with Crippen molar-refractivity contribution < 1.29 is 14.6 Å². The van der Waals surface area contributed by atoms with Crippen LogP contribution in [0.3, 0.4) is 0 Å². The van der Waals surface area contributed by atoms with E-state index in [4.69, 9.17) is 9.76 Å².